The van der Waals surface area contributed by atoms with Crippen molar-refractivity contribution in [2.45, 2.75) is 259 Å². The van der Waals surface area contributed by atoms with E-state index in [0.29, 0.717) is 0 Å². The Hall–Kier alpha value is -2.08. The fraction of sp³-hybridized carbons (Fsp3) is 0.714. The van der Waals surface area contributed by atoms with Gasteiger partial charge in [-0.1, -0.05) is 244 Å². The Labute approximate surface area is 348 Å². The molecule has 4 rings (SSSR count). The van der Waals surface area contributed by atoms with Gasteiger partial charge in [-0.15, -0.1) is 0 Å². The van der Waals surface area contributed by atoms with Gasteiger partial charge in [0.2, 0.25) is 0 Å². The van der Waals surface area contributed by atoms with Gasteiger partial charge in [0.05, 0.1) is 0 Å². The lowest BCUT2D eigenvalue weighted by Crippen LogP contribution is -2.00. The van der Waals surface area contributed by atoms with E-state index in [2.05, 4.69) is 64.1 Å². The predicted octanol–water partition coefficient (Wildman–Crippen LogP) is 19.3. The summed E-state index contributed by atoms with van der Waals surface area (Å²) in [4.78, 5) is 0. The first kappa shape index (κ1) is 46.6. The summed E-state index contributed by atoms with van der Waals surface area (Å²) < 4.78 is 0. The minimum absolute atomic E-state index is 1.24. The van der Waals surface area contributed by atoms with Crippen LogP contribution in [0.1, 0.15) is 255 Å². The van der Waals surface area contributed by atoms with Gasteiger partial charge >= 0.3 is 0 Å². The van der Waals surface area contributed by atoms with Crippen molar-refractivity contribution in [1.29, 1.82) is 0 Å². The average molecular weight is 763 g/mol. The van der Waals surface area contributed by atoms with Gasteiger partial charge in [-0.2, -0.15) is 0 Å². The molecule has 314 valence electrons. The van der Waals surface area contributed by atoms with Gasteiger partial charge in [0.25, 0.3) is 0 Å². The van der Waals surface area contributed by atoms with E-state index in [9.17, 15) is 0 Å². The van der Waals surface area contributed by atoms with Crippen molar-refractivity contribution in [3.05, 3.63) is 58.7 Å². The fourth-order valence-corrected chi connectivity index (χ4v) is 9.92. The number of aryl methyl sites for hydroxylation is 4. The molecule has 0 atom stereocenters. The van der Waals surface area contributed by atoms with Crippen LogP contribution in [0.5, 0.6) is 0 Å². The normalized spacial score (nSPS) is 12.0. The van der Waals surface area contributed by atoms with E-state index in [1.807, 2.05) is 0 Å². The van der Waals surface area contributed by atoms with E-state index in [-0.39, 0.29) is 0 Å². The van der Waals surface area contributed by atoms with Gasteiger partial charge in [-0.3, -0.25) is 0 Å². The molecule has 0 fully saturated rings. The summed E-state index contributed by atoms with van der Waals surface area (Å²) in [6, 6.07) is 15.7. The first-order valence-electron chi connectivity index (χ1n) is 25.5. The predicted molar refractivity (Wildman–Crippen MR) is 255 cm³/mol. The van der Waals surface area contributed by atoms with E-state index in [0.717, 1.165) is 0 Å². The van der Waals surface area contributed by atoms with Gasteiger partial charge in [0.15, 0.2) is 0 Å². The van der Waals surface area contributed by atoms with Crippen molar-refractivity contribution < 1.29 is 0 Å². The van der Waals surface area contributed by atoms with Gasteiger partial charge in [-0.25, -0.2) is 0 Å². The lowest BCUT2D eigenvalue weighted by molar-refractivity contribution is 0.574. The standard InChI is InChI=1S/C56H90/c1-5-9-13-17-21-25-29-33-37-47-45-48(38-34-30-26-22-18-14-10-6-2)52-43-44-54-50(40-36-32-28-24-20-16-12-8-4)46-49(39-35-31-27-23-19-15-11-7-3)53-42-41-51(47)55(52)56(53)54/h41-46H,5-40H2,1-4H3. The van der Waals surface area contributed by atoms with Crippen LogP contribution >= 0.6 is 0 Å². The highest BCUT2D eigenvalue weighted by atomic mass is 14.2. The van der Waals surface area contributed by atoms with Crippen molar-refractivity contribution >= 4 is 32.3 Å². The van der Waals surface area contributed by atoms with E-state index in [1.54, 1.807) is 54.6 Å². The first-order valence-corrected chi connectivity index (χ1v) is 25.5. The lowest BCUT2D eigenvalue weighted by atomic mass is 9.83. The fourth-order valence-electron chi connectivity index (χ4n) is 9.92. The molecule has 4 aromatic carbocycles. The van der Waals surface area contributed by atoms with Gasteiger partial charge in [0.1, 0.15) is 0 Å². The molecule has 0 aliphatic rings. The van der Waals surface area contributed by atoms with Crippen LogP contribution in [0.2, 0.25) is 0 Å². The highest BCUT2D eigenvalue weighted by Crippen LogP contribution is 2.42. The van der Waals surface area contributed by atoms with E-state index in [4.69, 9.17) is 0 Å². The van der Waals surface area contributed by atoms with Crippen molar-refractivity contribution in [2.24, 2.45) is 0 Å². The monoisotopic (exact) mass is 763 g/mol. The van der Waals surface area contributed by atoms with Crippen LogP contribution in [0.4, 0.5) is 0 Å². The second-order valence-corrected chi connectivity index (χ2v) is 18.4. The van der Waals surface area contributed by atoms with E-state index in [1.165, 1.54) is 231 Å². The summed E-state index contributed by atoms with van der Waals surface area (Å²) in [6.07, 6.45) is 49.6. The maximum atomic E-state index is 2.69. The third kappa shape index (κ3) is 15.9. The molecular weight excluding hydrogens is 673 g/mol. The number of unbranched alkanes of at least 4 members (excludes halogenated alkanes) is 28. The Bertz CT molecular complexity index is 1330. The van der Waals surface area contributed by atoms with Crippen LogP contribution in [0.25, 0.3) is 32.3 Å². The molecule has 0 amide bonds. The molecule has 0 N–H and O–H groups in total. The van der Waals surface area contributed by atoms with E-state index >= 15 is 0 Å². The molecule has 56 heavy (non-hydrogen) atoms. The molecule has 0 nitrogen and oxygen atoms in total. The molecule has 0 unspecified atom stereocenters. The molecular formula is C56H90. The van der Waals surface area contributed by atoms with Crippen molar-refractivity contribution in [3.8, 4) is 0 Å². The third-order valence-corrected chi connectivity index (χ3v) is 13.4. The number of rotatable bonds is 36. The Morgan fingerprint density at radius 3 is 0.607 bits per heavy atom. The highest BCUT2D eigenvalue weighted by molar-refractivity contribution is 6.25. The molecule has 0 heterocycles. The Morgan fingerprint density at radius 2 is 0.411 bits per heavy atom. The molecule has 0 saturated heterocycles. The van der Waals surface area contributed by atoms with Crippen molar-refractivity contribution in [2.75, 3.05) is 0 Å². The molecule has 0 aliphatic heterocycles. The van der Waals surface area contributed by atoms with Crippen LogP contribution in [-0.2, 0) is 25.7 Å². The minimum atomic E-state index is 1.24. The van der Waals surface area contributed by atoms with Gasteiger partial charge < -0.3 is 0 Å². The SMILES string of the molecule is CCCCCCCCCCc1cc(CCCCCCCCCC)c2ccc3c(CCCCCCCCCC)cc(CCCCCCCCCC)c4ccc1c2c43. The lowest BCUT2D eigenvalue weighted by Gasteiger charge is -2.21. The quantitative estimate of drug-likeness (QED) is 0.0320. The third-order valence-electron chi connectivity index (χ3n) is 13.4. The van der Waals surface area contributed by atoms with Crippen LogP contribution in [0.3, 0.4) is 0 Å². The van der Waals surface area contributed by atoms with Crippen molar-refractivity contribution in [1.82, 2.24) is 0 Å². The van der Waals surface area contributed by atoms with E-state index < -0.39 is 0 Å². The van der Waals surface area contributed by atoms with Gasteiger partial charge in [-0.05, 0) is 106 Å². The summed E-state index contributed by atoms with van der Waals surface area (Å²) in [7, 11) is 0. The molecule has 4 aromatic rings. The molecule has 0 heteroatoms. The maximum Gasteiger partial charge on any atom is -0.00211 e. The second-order valence-electron chi connectivity index (χ2n) is 18.4. The summed E-state index contributed by atoms with van der Waals surface area (Å²) in [5.41, 5.74) is 6.58. The summed E-state index contributed by atoms with van der Waals surface area (Å²) in [5, 5.41) is 9.54. The Morgan fingerprint density at radius 1 is 0.232 bits per heavy atom. The molecule has 0 spiro atoms. The average Bonchev–Trinajstić information content (AvgIpc) is 3.22. The minimum Gasteiger partial charge on any atom is -0.0654 e. The van der Waals surface area contributed by atoms with Crippen LogP contribution in [0.15, 0.2) is 36.4 Å². The molecule has 0 radical (unpaired) electrons. The summed E-state index contributed by atoms with van der Waals surface area (Å²) in [6.45, 7) is 9.32. The molecule has 0 aromatic heterocycles. The number of hydrogen-bond acceptors (Lipinski definition) is 0. The summed E-state index contributed by atoms with van der Waals surface area (Å²) in [5.74, 6) is 0. The number of benzene rings is 4. The van der Waals surface area contributed by atoms with Crippen LogP contribution in [0, 0.1) is 0 Å². The van der Waals surface area contributed by atoms with Gasteiger partial charge in [0, 0.05) is 0 Å². The largest absolute Gasteiger partial charge is 0.0654 e. The molecule has 0 saturated carbocycles. The topological polar surface area (TPSA) is 0 Å². The zero-order valence-electron chi connectivity index (χ0n) is 37.9. The summed E-state index contributed by atoms with van der Waals surface area (Å²) >= 11 is 0. The molecule has 0 aliphatic carbocycles. The zero-order valence-corrected chi connectivity index (χ0v) is 37.9. The molecule has 0 bridgehead atoms. The highest BCUT2D eigenvalue weighted by Gasteiger charge is 2.18. The Balaban J connectivity index is 1.60. The Kier molecular flexibility index (Phi) is 24.3. The number of hydrogen-bond donors (Lipinski definition) is 0. The zero-order chi connectivity index (χ0) is 39.5. The first-order chi connectivity index (χ1) is 27.7. The van der Waals surface area contributed by atoms with Crippen LogP contribution < -0.4 is 0 Å². The smallest absolute Gasteiger partial charge is 0.00211 e. The maximum absolute atomic E-state index is 2.69. The van der Waals surface area contributed by atoms with Crippen molar-refractivity contribution in [3.63, 3.8) is 0 Å². The van der Waals surface area contributed by atoms with Crippen LogP contribution in [-0.4, -0.2) is 0 Å². The second kappa shape index (κ2) is 29.2.